The molecule has 0 saturated carbocycles. The zero-order chi connectivity index (χ0) is 14.7. The van der Waals surface area contributed by atoms with Gasteiger partial charge in [-0.3, -0.25) is 5.43 Å². The number of nitrogens with one attached hydrogen (secondary N) is 2. The lowest BCUT2D eigenvalue weighted by molar-refractivity contribution is 0.490. The minimum absolute atomic E-state index is 0.244. The number of aromatic nitrogens is 5. The van der Waals surface area contributed by atoms with Gasteiger partial charge in [0.2, 0.25) is 11.9 Å². The van der Waals surface area contributed by atoms with Gasteiger partial charge < -0.3 is 9.73 Å². The summed E-state index contributed by atoms with van der Waals surface area (Å²) in [6.45, 7) is 2.35. The number of nitrogens with zero attached hydrogens (tertiary/aromatic N) is 5. The largest absolute Gasteiger partial charge is 0.465 e. The number of hydrogen-bond acceptors (Lipinski definition) is 8. The molecule has 0 fully saturated rings. The molecule has 4 N–H and O–H groups in total. The third kappa shape index (κ3) is 2.98. The second-order valence-electron chi connectivity index (χ2n) is 4.24. The molecule has 3 aromatic rings. The number of anilines is 2. The van der Waals surface area contributed by atoms with Crippen molar-refractivity contribution in [3.8, 4) is 5.95 Å². The Morgan fingerprint density at radius 3 is 2.76 bits per heavy atom. The van der Waals surface area contributed by atoms with Crippen molar-refractivity contribution in [2.24, 2.45) is 5.84 Å². The number of hydrazine groups is 1. The highest BCUT2D eigenvalue weighted by atomic mass is 16.3. The van der Waals surface area contributed by atoms with Crippen molar-refractivity contribution in [1.29, 1.82) is 0 Å². The first-order chi connectivity index (χ1) is 10.2. The van der Waals surface area contributed by atoms with E-state index in [9.17, 15) is 0 Å². The molecule has 0 aliphatic carbocycles. The topological polar surface area (TPSA) is 120 Å². The zero-order valence-electron chi connectivity index (χ0n) is 11.3. The summed E-state index contributed by atoms with van der Waals surface area (Å²) < 4.78 is 6.99. The minimum atomic E-state index is 0.244. The highest BCUT2D eigenvalue weighted by Gasteiger charge is 2.08. The van der Waals surface area contributed by atoms with Crippen molar-refractivity contribution in [1.82, 2.24) is 24.7 Å². The smallest absolute Gasteiger partial charge is 0.257 e. The first kappa shape index (κ1) is 13.1. The molecule has 21 heavy (non-hydrogen) atoms. The van der Waals surface area contributed by atoms with E-state index in [0.717, 1.165) is 11.5 Å². The van der Waals surface area contributed by atoms with Gasteiger partial charge in [0, 0.05) is 12.4 Å². The predicted octanol–water partition coefficient (Wildman–Crippen LogP) is 0.856. The molecule has 3 aromatic heterocycles. The summed E-state index contributed by atoms with van der Waals surface area (Å²) in [4.78, 5) is 12.5. The Labute approximate surface area is 120 Å². The average Bonchev–Trinajstić information content (AvgIpc) is 3.16. The minimum Gasteiger partial charge on any atom is -0.465 e. The molecule has 9 nitrogen and oxygen atoms in total. The van der Waals surface area contributed by atoms with Crippen LogP contribution in [-0.4, -0.2) is 24.7 Å². The number of furan rings is 1. The molecule has 0 saturated heterocycles. The number of aryl methyl sites for hydroxylation is 1. The Balaban J connectivity index is 1.82. The van der Waals surface area contributed by atoms with Gasteiger partial charge in [-0.15, -0.1) is 0 Å². The summed E-state index contributed by atoms with van der Waals surface area (Å²) in [6.07, 6.45) is 3.37. The maximum absolute atomic E-state index is 5.47. The van der Waals surface area contributed by atoms with Crippen LogP contribution in [-0.2, 0) is 6.54 Å². The molecular weight excluding hydrogens is 272 g/mol. The van der Waals surface area contributed by atoms with Crippen molar-refractivity contribution in [2.75, 3.05) is 10.7 Å². The van der Waals surface area contributed by atoms with Crippen LogP contribution in [0.1, 0.15) is 11.5 Å². The van der Waals surface area contributed by atoms with E-state index in [2.05, 4.69) is 30.8 Å². The number of hydrogen-bond donors (Lipinski definition) is 3. The molecule has 0 aliphatic heterocycles. The van der Waals surface area contributed by atoms with Gasteiger partial charge in [-0.05, 0) is 25.1 Å². The summed E-state index contributed by atoms with van der Waals surface area (Å²) in [6, 6.07) is 5.56. The molecule has 9 heteroatoms. The summed E-state index contributed by atoms with van der Waals surface area (Å²) in [7, 11) is 0. The van der Waals surface area contributed by atoms with Crippen LogP contribution >= 0.6 is 0 Å². The number of rotatable bonds is 5. The molecule has 0 unspecified atom stereocenters. The molecule has 0 bridgehead atoms. The molecule has 0 aliphatic rings. The third-order valence-electron chi connectivity index (χ3n) is 2.68. The van der Waals surface area contributed by atoms with Gasteiger partial charge in [-0.1, -0.05) is 0 Å². The second-order valence-corrected chi connectivity index (χ2v) is 4.24. The first-order valence-corrected chi connectivity index (χ1v) is 6.26. The van der Waals surface area contributed by atoms with Crippen LogP contribution in [0.15, 0.2) is 35.0 Å². The van der Waals surface area contributed by atoms with Crippen LogP contribution in [0.2, 0.25) is 0 Å². The maximum Gasteiger partial charge on any atom is 0.257 e. The monoisotopic (exact) mass is 286 g/mol. The lowest BCUT2D eigenvalue weighted by atomic mass is 10.4. The Kier molecular flexibility index (Phi) is 3.48. The molecule has 0 spiro atoms. The Morgan fingerprint density at radius 2 is 2.10 bits per heavy atom. The molecule has 0 amide bonds. The van der Waals surface area contributed by atoms with Gasteiger partial charge in [0.15, 0.2) is 0 Å². The normalized spacial score (nSPS) is 10.6. The highest BCUT2D eigenvalue weighted by molar-refractivity contribution is 5.37. The number of nitrogen functional groups attached to an aromatic ring is 1. The molecular formula is C12H14N8O. The van der Waals surface area contributed by atoms with E-state index in [1.54, 1.807) is 18.5 Å². The van der Waals surface area contributed by atoms with Gasteiger partial charge in [0.05, 0.1) is 6.54 Å². The van der Waals surface area contributed by atoms with E-state index in [1.165, 1.54) is 4.68 Å². The Hall–Kier alpha value is -2.94. The van der Waals surface area contributed by atoms with Crippen LogP contribution in [0.5, 0.6) is 0 Å². The lowest BCUT2D eigenvalue weighted by Gasteiger charge is -2.07. The van der Waals surface area contributed by atoms with Crippen molar-refractivity contribution < 1.29 is 4.42 Å². The fourth-order valence-corrected chi connectivity index (χ4v) is 1.74. The van der Waals surface area contributed by atoms with Crippen LogP contribution in [0.25, 0.3) is 5.95 Å². The second kappa shape index (κ2) is 5.59. The molecule has 0 aromatic carbocycles. The van der Waals surface area contributed by atoms with Gasteiger partial charge in [0.1, 0.15) is 11.5 Å². The quantitative estimate of drug-likeness (QED) is 0.466. The fourth-order valence-electron chi connectivity index (χ4n) is 1.74. The van der Waals surface area contributed by atoms with Crippen LogP contribution in [0.4, 0.5) is 11.9 Å². The molecule has 108 valence electrons. The summed E-state index contributed by atoms with van der Waals surface area (Å²) >= 11 is 0. The van der Waals surface area contributed by atoms with Crippen LogP contribution < -0.4 is 16.6 Å². The average molecular weight is 286 g/mol. The summed E-state index contributed by atoms with van der Waals surface area (Å²) in [5, 5.41) is 7.13. The highest BCUT2D eigenvalue weighted by Crippen LogP contribution is 2.11. The fraction of sp³-hybridized carbons (Fsp3) is 0.167. The van der Waals surface area contributed by atoms with E-state index in [0.29, 0.717) is 18.4 Å². The first-order valence-electron chi connectivity index (χ1n) is 6.26. The SMILES string of the molecule is Cc1ccc(CNc2nc(NN)nc(-n3cccn3)n2)o1. The van der Waals surface area contributed by atoms with Gasteiger partial charge >= 0.3 is 0 Å². The van der Waals surface area contributed by atoms with Crippen LogP contribution in [0, 0.1) is 6.92 Å². The molecule has 3 heterocycles. The molecule has 0 atom stereocenters. The summed E-state index contributed by atoms with van der Waals surface area (Å²) in [5.41, 5.74) is 2.41. The third-order valence-corrected chi connectivity index (χ3v) is 2.68. The molecule has 3 rings (SSSR count). The van der Waals surface area contributed by atoms with Crippen molar-refractivity contribution in [3.05, 3.63) is 42.1 Å². The molecule has 0 radical (unpaired) electrons. The van der Waals surface area contributed by atoms with Crippen molar-refractivity contribution in [3.63, 3.8) is 0 Å². The van der Waals surface area contributed by atoms with Crippen molar-refractivity contribution in [2.45, 2.75) is 13.5 Å². The van der Waals surface area contributed by atoms with E-state index in [-0.39, 0.29) is 5.95 Å². The Morgan fingerprint density at radius 1 is 1.24 bits per heavy atom. The summed E-state index contributed by atoms with van der Waals surface area (Å²) in [5.74, 6) is 7.99. The van der Waals surface area contributed by atoms with E-state index in [1.807, 2.05) is 19.1 Å². The Bertz CT molecular complexity index is 721. The zero-order valence-corrected chi connectivity index (χ0v) is 11.3. The lowest BCUT2D eigenvalue weighted by Crippen LogP contribution is -2.16. The van der Waals surface area contributed by atoms with Crippen LogP contribution in [0.3, 0.4) is 0 Å². The van der Waals surface area contributed by atoms with E-state index in [4.69, 9.17) is 10.3 Å². The van der Waals surface area contributed by atoms with Crippen molar-refractivity contribution >= 4 is 11.9 Å². The maximum atomic E-state index is 5.47. The van der Waals surface area contributed by atoms with E-state index >= 15 is 0 Å². The van der Waals surface area contributed by atoms with E-state index < -0.39 is 0 Å². The standard InChI is InChI=1S/C12H14N8O/c1-8-3-4-9(21-8)7-14-10-16-11(19-13)18-12(17-10)20-6-2-5-15-20/h2-6H,7,13H2,1H3,(H2,14,16,17,18,19). The van der Waals surface area contributed by atoms with Gasteiger partial charge in [0.25, 0.3) is 5.95 Å². The van der Waals surface area contributed by atoms with Gasteiger partial charge in [-0.25, -0.2) is 10.5 Å². The predicted molar refractivity (Wildman–Crippen MR) is 75.5 cm³/mol. The number of nitrogens with two attached hydrogens (primary N) is 1. The van der Waals surface area contributed by atoms with Gasteiger partial charge in [-0.2, -0.15) is 20.1 Å².